The predicted octanol–water partition coefficient (Wildman–Crippen LogP) is 13.0. The van der Waals surface area contributed by atoms with Crippen LogP contribution in [0.5, 0.6) is 0 Å². The molecular weight excluding hydrogens is 581 g/mol. The number of hydrogen-bond donors (Lipinski definition) is 0. The maximum absolute atomic E-state index is 6.22. The van der Waals surface area contributed by atoms with Crippen molar-refractivity contribution in [1.82, 2.24) is 0 Å². The van der Waals surface area contributed by atoms with E-state index < -0.39 is 0 Å². The Balaban J connectivity index is 1.20. The minimum atomic E-state index is 0.0460. The van der Waals surface area contributed by atoms with Crippen LogP contribution < -0.4 is 0 Å². The first kappa shape index (κ1) is 27.0. The van der Waals surface area contributed by atoms with Gasteiger partial charge in [-0.2, -0.15) is 0 Å². The van der Waals surface area contributed by atoms with Crippen LogP contribution in [0.15, 0.2) is 180 Å². The van der Waals surface area contributed by atoms with Crippen molar-refractivity contribution in [2.75, 3.05) is 0 Å². The van der Waals surface area contributed by atoms with Gasteiger partial charge in [-0.1, -0.05) is 152 Å². The van der Waals surface area contributed by atoms with Gasteiger partial charge in [0.1, 0.15) is 11.2 Å². The Morgan fingerprint density at radius 3 is 1.75 bits per heavy atom. The van der Waals surface area contributed by atoms with Gasteiger partial charge in [0.15, 0.2) is 0 Å². The third kappa shape index (κ3) is 4.25. The summed E-state index contributed by atoms with van der Waals surface area (Å²) in [6.07, 6.45) is 0. The molecule has 1 nitrogen and oxygen atoms in total. The molecule has 1 unspecified atom stereocenters. The lowest BCUT2D eigenvalue weighted by atomic mass is 9.80. The predicted molar refractivity (Wildman–Crippen MR) is 203 cm³/mol. The van der Waals surface area contributed by atoms with Crippen molar-refractivity contribution in [2.45, 2.75) is 5.92 Å². The van der Waals surface area contributed by atoms with E-state index in [9.17, 15) is 0 Å². The molecule has 1 heterocycles. The van der Waals surface area contributed by atoms with Gasteiger partial charge in [0, 0.05) is 16.7 Å². The van der Waals surface area contributed by atoms with Crippen LogP contribution in [0.2, 0.25) is 0 Å². The molecular formula is C47H30O. The number of furan rings is 1. The minimum Gasteiger partial charge on any atom is -0.456 e. The Bertz CT molecular complexity index is 2820. The van der Waals surface area contributed by atoms with Crippen LogP contribution in [-0.2, 0) is 0 Å². The number of para-hydroxylation sites is 1. The molecule has 0 aliphatic heterocycles. The van der Waals surface area contributed by atoms with E-state index in [2.05, 4.69) is 164 Å². The van der Waals surface area contributed by atoms with E-state index >= 15 is 0 Å². The molecule has 1 atom stereocenters. The highest BCUT2D eigenvalue weighted by Crippen LogP contribution is 2.42. The molecule has 10 rings (SSSR count). The molecule has 0 spiro atoms. The summed E-state index contributed by atoms with van der Waals surface area (Å²) in [7, 11) is 0. The van der Waals surface area contributed by atoms with Crippen molar-refractivity contribution < 1.29 is 4.42 Å². The van der Waals surface area contributed by atoms with Crippen LogP contribution in [0.1, 0.15) is 22.6 Å². The van der Waals surface area contributed by atoms with E-state index in [-0.39, 0.29) is 5.92 Å². The van der Waals surface area contributed by atoms with Crippen LogP contribution in [-0.4, -0.2) is 0 Å². The van der Waals surface area contributed by atoms with Gasteiger partial charge in [-0.25, -0.2) is 0 Å². The van der Waals surface area contributed by atoms with E-state index in [0.717, 1.165) is 21.9 Å². The van der Waals surface area contributed by atoms with Crippen LogP contribution in [0, 0.1) is 0 Å². The van der Waals surface area contributed by atoms with Gasteiger partial charge < -0.3 is 4.42 Å². The summed E-state index contributed by atoms with van der Waals surface area (Å²) in [5, 5.41) is 12.4. The molecule has 0 N–H and O–H groups in total. The quantitative estimate of drug-likeness (QED) is 0.143. The fourth-order valence-corrected chi connectivity index (χ4v) is 7.85. The van der Waals surface area contributed by atoms with E-state index in [1.165, 1.54) is 70.9 Å². The maximum atomic E-state index is 6.22. The lowest BCUT2D eigenvalue weighted by Crippen LogP contribution is -2.05. The topological polar surface area (TPSA) is 13.1 Å². The summed E-state index contributed by atoms with van der Waals surface area (Å²) >= 11 is 0. The van der Waals surface area contributed by atoms with Crippen LogP contribution in [0.3, 0.4) is 0 Å². The van der Waals surface area contributed by atoms with Crippen LogP contribution in [0.4, 0.5) is 0 Å². The van der Waals surface area contributed by atoms with E-state index in [1.54, 1.807) is 0 Å². The molecule has 0 amide bonds. The third-order valence-electron chi connectivity index (χ3n) is 10.2. The highest BCUT2D eigenvalue weighted by Gasteiger charge is 2.22. The summed E-state index contributed by atoms with van der Waals surface area (Å²) in [6, 6.07) is 64.3. The van der Waals surface area contributed by atoms with E-state index in [1.807, 2.05) is 12.1 Å². The van der Waals surface area contributed by atoms with Gasteiger partial charge >= 0.3 is 0 Å². The summed E-state index contributed by atoms with van der Waals surface area (Å²) in [4.78, 5) is 0. The van der Waals surface area contributed by atoms with E-state index in [4.69, 9.17) is 4.42 Å². The minimum absolute atomic E-state index is 0.0460. The monoisotopic (exact) mass is 610 g/mol. The molecule has 0 fully saturated rings. The first-order chi connectivity index (χ1) is 23.8. The van der Waals surface area contributed by atoms with Gasteiger partial charge in [-0.05, 0) is 95.2 Å². The van der Waals surface area contributed by atoms with Gasteiger partial charge in [-0.15, -0.1) is 0 Å². The highest BCUT2D eigenvalue weighted by atomic mass is 16.3. The summed E-state index contributed by atoms with van der Waals surface area (Å²) in [6.45, 7) is 0. The molecule has 10 aromatic rings. The fraction of sp³-hybridized carbons (Fsp3) is 0.0213. The molecule has 0 aliphatic carbocycles. The Hall–Kier alpha value is -6.18. The standard InChI is InChI=1S/C47H30O/c1-2-10-30(11-3-1)31-18-20-32(21-19-31)47(44-27-33-12-4-5-13-37(33)39-14-6-7-15-40(39)44)36-24-25-38-34(26-36)22-23-35-28-46-43(29-42(35)38)41-16-8-9-17-45(41)48-46/h1-29,47H. The molecule has 9 aromatic carbocycles. The maximum Gasteiger partial charge on any atom is 0.136 e. The van der Waals surface area contributed by atoms with Gasteiger partial charge in [0.25, 0.3) is 0 Å². The molecule has 224 valence electrons. The van der Waals surface area contributed by atoms with Crippen molar-refractivity contribution in [2.24, 2.45) is 0 Å². The molecule has 0 bridgehead atoms. The highest BCUT2D eigenvalue weighted by molar-refractivity contribution is 6.16. The first-order valence-electron chi connectivity index (χ1n) is 16.6. The molecule has 1 aromatic heterocycles. The molecule has 0 radical (unpaired) electrons. The Morgan fingerprint density at radius 2 is 0.917 bits per heavy atom. The zero-order chi connectivity index (χ0) is 31.6. The average molecular weight is 611 g/mol. The van der Waals surface area contributed by atoms with Crippen molar-refractivity contribution in [1.29, 1.82) is 0 Å². The average Bonchev–Trinajstić information content (AvgIpc) is 3.52. The number of hydrogen-bond acceptors (Lipinski definition) is 1. The molecule has 1 heteroatoms. The normalized spacial score (nSPS) is 12.5. The molecule has 0 aliphatic rings. The zero-order valence-electron chi connectivity index (χ0n) is 26.2. The van der Waals surface area contributed by atoms with Gasteiger partial charge in [0.05, 0.1) is 0 Å². The summed E-state index contributed by atoms with van der Waals surface area (Å²) in [5.41, 5.74) is 8.20. The van der Waals surface area contributed by atoms with Crippen molar-refractivity contribution >= 4 is 65.0 Å². The number of benzene rings is 9. The molecule has 48 heavy (non-hydrogen) atoms. The Kier molecular flexibility index (Phi) is 6.01. The van der Waals surface area contributed by atoms with Crippen LogP contribution in [0.25, 0.3) is 76.2 Å². The van der Waals surface area contributed by atoms with Crippen molar-refractivity contribution in [3.05, 3.63) is 193 Å². The van der Waals surface area contributed by atoms with Crippen molar-refractivity contribution in [3.8, 4) is 11.1 Å². The second kappa shape index (κ2) is 10.7. The second-order valence-corrected chi connectivity index (χ2v) is 12.9. The van der Waals surface area contributed by atoms with Crippen molar-refractivity contribution in [3.63, 3.8) is 0 Å². The number of rotatable bonds is 4. The SMILES string of the molecule is c1ccc(-c2ccc(C(c3ccc4c(ccc5cc6oc7ccccc7c6cc54)c3)c3cc4ccccc4c4ccccc34)cc2)cc1. The van der Waals surface area contributed by atoms with Crippen LogP contribution >= 0.6 is 0 Å². The van der Waals surface area contributed by atoms with Gasteiger partial charge in [-0.3, -0.25) is 0 Å². The number of fused-ring (bicyclic) bond motifs is 9. The summed E-state index contributed by atoms with van der Waals surface area (Å²) in [5.74, 6) is 0.0460. The second-order valence-electron chi connectivity index (χ2n) is 12.9. The summed E-state index contributed by atoms with van der Waals surface area (Å²) < 4.78 is 6.22. The Morgan fingerprint density at radius 1 is 0.312 bits per heavy atom. The Labute approximate surface area is 278 Å². The zero-order valence-corrected chi connectivity index (χ0v) is 26.2. The molecule has 0 saturated carbocycles. The smallest absolute Gasteiger partial charge is 0.136 e. The first-order valence-corrected chi connectivity index (χ1v) is 16.6. The van der Waals surface area contributed by atoms with Gasteiger partial charge in [0.2, 0.25) is 0 Å². The lowest BCUT2D eigenvalue weighted by molar-refractivity contribution is 0.669. The van der Waals surface area contributed by atoms with E-state index in [0.29, 0.717) is 0 Å². The molecule has 0 saturated heterocycles. The lowest BCUT2D eigenvalue weighted by Gasteiger charge is -2.23. The largest absolute Gasteiger partial charge is 0.456 e. The fourth-order valence-electron chi connectivity index (χ4n) is 7.85. The third-order valence-corrected chi connectivity index (χ3v) is 10.2.